The van der Waals surface area contributed by atoms with Crippen LogP contribution in [0.25, 0.3) is 0 Å². The SMILES string of the molecule is CCC(N)(c1cccc(F)c1)c1ccc(C)cc1C. The van der Waals surface area contributed by atoms with E-state index in [1.165, 1.54) is 17.7 Å². The molecule has 0 bridgehead atoms. The molecule has 2 rings (SSSR count). The number of hydrogen-bond acceptors (Lipinski definition) is 1. The maximum atomic E-state index is 13.5. The van der Waals surface area contributed by atoms with Gasteiger partial charge in [-0.05, 0) is 49.1 Å². The zero-order valence-corrected chi connectivity index (χ0v) is 11.7. The Kier molecular flexibility index (Phi) is 3.72. The molecule has 2 aromatic carbocycles. The van der Waals surface area contributed by atoms with Gasteiger partial charge in [0.2, 0.25) is 0 Å². The molecule has 100 valence electrons. The molecule has 0 saturated carbocycles. The van der Waals surface area contributed by atoms with Crippen LogP contribution in [0.2, 0.25) is 0 Å². The second-order valence-electron chi connectivity index (χ2n) is 5.15. The van der Waals surface area contributed by atoms with Crippen LogP contribution < -0.4 is 5.73 Å². The molecule has 0 aliphatic rings. The summed E-state index contributed by atoms with van der Waals surface area (Å²) in [6, 6.07) is 12.8. The van der Waals surface area contributed by atoms with Crippen LogP contribution in [0.5, 0.6) is 0 Å². The van der Waals surface area contributed by atoms with E-state index in [-0.39, 0.29) is 5.82 Å². The monoisotopic (exact) mass is 257 g/mol. The van der Waals surface area contributed by atoms with Crippen LogP contribution in [0.15, 0.2) is 42.5 Å². The van der Waals surface area contributed by atoms with E-state index >= 15 is 0 Å². The largest absolute Gasteiger partial charge is 0.318 e. The molecule has 0 aromatic heterocycles. The summed E-state index contributed by atoms with van der Waals surface area (Å²) < 4.78 is 13.5. The van der Waals surface area contributed by atoms with Crippen LogP contribution in [0, 0.1) is 19.7 Å². The highest BCUT2D eigenvalue weighted by Crippen LogP contribution is 2.33. The normalized spacial score (nSPS) is 14.2. The van der Waals surface area contributed by atoms with Gasteiger partial charge in [0.05, 0.1) is 5.54 Å². The van der Waals surface area contributed by atoms with Crippen molar-refractivity contribution in [2.45, 2.75) is 32.7 Å². The molecule has 0 aliphatic heterocycles. The van der Waals surface area contributed by atoms with E-state index in [1.807, 2.05) is 13.0 Å². The van der Waals surface area contributed by atoms with Crippen LogP contribution in [0.4, 0.5) is 4.39 Å². The number of hydrogen-bond donors (Lipinski definition) is 1. The van der Waals surface area contributed by atoms with Crippen molar-refractivity contribution in [2.24, 2.45) is 5.73 Å². The lowest BCUT2D eigenvalue weighted by atomic mass is 9.79. The molecular formula is C17H20FN. The summed E-state index contributed by atoms with van der Waals surface area (Å²) in [4.78, 5) is 0. The van der Waals surface area contributed by atoms with Gasteiger partial charge in [0.1, 0.15) is 5.82 Å². The maximum absolute atomic E-state index is 13.5. The Morgan fingerprint density at radius 2 is 1.84 bits per heavy atom. The average Bonchev–Trinajstić information content (AvgIpc) is 2.38. The van der Waals surface area contributed by atoms with Gasteiger partial charge in [-0.25, -0.2) is 4.39 Å². The van der Waals surface area contributed by atoms with Crippen LogP contribution in [-0.2, 0) is 5.54 Å². The minimum Gasteiger partial charge on any atom is -0.318 e. The average molecular weight is 257 g/mol. The summed E-state index contributed by atoms with van der Waals surface area (Å²) in [5, 5.41) is 0. The zero-order chi connectivity index (χ0) is 14.0. The first-order valence-electron chi connectivity index (χ1n) is 6.60. The van der Waals surface area contributed by atoms with Crippen molar-refractivity contribution in [1.82, 2.24) is 0 Å². The molecule has 0 aliphatic carbocycles. The second kappa shape index (κ2) is 5.14. The molecule has 0 amide bonds. The first kappa shape index (κ1) is 13.8. The number of benzene rings is 2. The molecule has 1 atom stereocenters. The Morgan fingerprint density at radius 3 is 2.42 bits per heavy atom. The van der Waals surface area contributed by atoms with Gasteiger partial charge >= 0.3 is 0 Å². The van der Waals surface area contributed by atoms with Gasteiger partial charge in [-0.3, -0.25) is 0 Å². The van der Waals surface area contributed by atoms with Crippen molar-refractivity contribution in [3.05, 3.63) is 70.5 Å². The van der Waals surface area contributed by atoms with Crippen molar-refractivity contribution in [2.75, 3.05) is 0 Å². The Hall–Kier alpha value is -1.67. The van der Waals surface area contributed by atoms with Crippen molar-refractivity contribution < 1.29 is 4.39 Å². The zero-order valence-electron chi connectivity index (χ0n) is 11.7. The number of nitrogens with two attached hydrogens (primary N) is 1. The molecule has 1 unspecified atom stereocenters. The summed E-state index contributed by atoms with van der Waals surface area (Å²) in [7, 11) is 0. The van der Waals surface area contributed by atoms with Gasteiger partial charge in [-0.15, -0.1) is 0 Å². The van der Waals surface area contributed by atoms with Gasteiger partial charge in [0, 0.05) is 0 Å². The first-order chi connectivity index (χ1) is 8.97. The molecule has 0 saturated heterocycles. The van der Waals surface area contributed by atoms with Gasteiger partial charge in [0.15, 0.2) is 0 Å². The van der Waals surface area contributed by atoms with Gasteiger partial charge in [0.25, 0.3) is 0 Å². The maximum Gasteiger partial charge on any atom is 0.123 e. The van der Waals surface area contributed by atoms with Crippen molar-refractivity contribution >= 4 is 0 Å². The molecule has 0 radical (unpaired) electrons. The van der Waals surface area contributed by atoms with Crippen LogP contribution >= 0.6 is 0 Å². The quantitative estimate of drug-likeness (QED) is 0.881. The van der Waals surface area contributed by atoms with Crippen molar-refractivity contribution in [3.63, 3.8) is 0 Å². The molecule has 1 nitrogen and oxygen atoms in total. The summed E-state index contributed by atoms with van der Waals surface area (Å²) in [6.45, 7) is 6.15. The van der Waals surface area contributed by atoms with Crippen LogP contribution in [-0.4, -0.2) is 0 Å². The van der Waals surface area contributed by atoms with Crippen LogP contribution in [0.1, 0.15) is 35.6 Å². The van der Waals surface area contributed by atoms with Gasteiger partial charge in [-0.2, -0.15) is 0 Å². The highest BCUT2D eigenvalue weighted by atomic mass is 19.1. The molecule has 0 heterocycles. The number of aryl methyl sites for hydroxylation is 2. The Labute approximate surface area is 114 Å². The highest BCUT2D eigenvalue weighted by molar-refractivity contribution is 5.43. The summed E-state index contributed by atoms with van der Waals surface area (Å²) in [6.07, 6.45) is 0.723. The number of halogens is 1. The van der Waals surface area contributed by atoms with E-state index < -0.39 is 5.54 Å². The molecule has 2 aromatic rings. The third kappa shape index (κ3) is 2.54. The third-order valence-electron chi connectivity index (χ3n) is 3.76. The van der Waals surface area contributed by atoms with Crippen molar-refractivity contribution in [3.8, 4) is 0 Å². The highest BCUT2D eigenvalue weighted by Gasteiger charge is 2.29. The predicted octanol–water partition coefficient (Wildman–Crippen LogP) is 4.05. The number of rotatable bonds is 3. The third-order valence-corrected chi connectivity index (χ3v) is 3.76. The standard InChI is InChI=1S/C17H20FN/c1-4-17(19,14-6-5-7-15(18)11-14)16-9-8-12(2)10-13(16)3/h5-11H,4,19H2,1-3H3. The van der Waals surface area contributed by atoms with Gasteiger partial charge in [-0.1, -0.05) is 42.8 Å². The van der Waals surface area contributed by atoms with E-state index in [9.17, 15) is 4.39 Å². The Morgan fingerprint density at radius 1 is 1.11 bits per heavy atom. The van der Waals surface area contributed by atoms with E-state index in [0.29, 0.717) is 0 Å². The van der Waals surface area contributed by atoms with E-state index in [0.717, 1.165) is 23.1 Å². The smallest absolute Gasteiger partial charge is 0.123 e. The molecule has 19 heavy (non-hydrogen) atoms. The Bertz CT molecular complexity index is 592. The molecular weight excluding hydrogens is 237 g/mol. The van der Waals surface area contributed by atoms with Crippen molar-refractivity contribution in [1.29, 1.82) is 0 Å². The predicted molar refractivity (Wildman–Crippen MR) is 77.6 cm³/mol. The summed E-state index contributed by atoms with van der Waals surface area (Å²) in [5.41, 5.74) is 10.2. The summed E-state index contributed by atoms with van der Waals surface area (Å²) in [5.74, 6) is -0.245. The topological polar surface area (TPSA) is 26.0 Å². The Balaban J connectivity index is 2.59. The first-order valence-corrected chi connectivity index (χ1v) is 6.60. The van der Waals surface area contributed by atoms with Gasteiger partial charge < -0.3 is 5.73 Å². The minimum atomic E-state index is -0.639. The fourth-order valence-corrected chi connectivity index (χ4v) is 2.63. The molecule has 2 heteroatoms. The fourth-order valence-electron chi connectivity index (χ4n) is 2.63. The lowest BCUT2D eigenvalue weighted by Crippen LogP contribution is -2.38. The molecule has 0 spiro atoms. The van der Waals surface area contributed by atoms with E-state index in [1.54, 1.807) is 6.07 Å². The summed E-state index contributed by atoms with van der Waals surface area (Å²) >= 11 is 0. The molecule has 2 N–H and O–H groups in total. The second-order valence-corrected chi connectivity index (χ2v) is 5.15. The van der Waals surface area contributed by atoms with E-state index in [4.69, 9.17) is 5.73 Å². The van der Waals surface area contributed by atoms with E-state index in [2.05, 4.69) is 32.0 Å². The lowest BCUT2D eigenvalue weighted by Gasteiger charge is -2.31. The van der Waals surface area contributed by atoms with Crippen LogP contribution in [0.3, 0.4) is 0 Å². The molecule has 0 fully saturated rings. The minimum absolute atomic E-state index is 0.245. The lowest BCUT2D eigenvalue weighted by molar-refractivity contribution is 0.509. The fraction of sp³-hybridized carbons (Fsp3) is 0.294.